The third-order valence-corrected chi connectivity index (χ3v) is 4.78. The number of carbonyl (C=O) groups is 1. The van der Waals surface area contributed by atoms with E-state index >= 15 is 0 Å². The molecule has 0 aliphatic rings. The van der Waals surface area contributed by atoms with Crippen molar-refractivity contribution < 1.29 is 24.1 Å². The third kappa shape index (κ3) is 3.07. The molecule has 0 aliphatic heterocycles. The molecule has 0 saturated carbocycles. The lowest BCUT2D eigenvalue weighted by molar-refractivity contribution is -0.774. The minimum absolute atomic E-state index is 0.0531. The summed E-state index contributed by atoms with van der Waals surface area (Å²) in [5.41, 5.74) is 2.81. The zero-order valence-electron chi connectivity index (χ0n) is 15.4. The molecule has 0 atom stereocenters. The van der Waals surface area contributed by atoms with Crippen LogP contribution < -0.4 is 9.13 Å². The minimum Gasteiger partial charge on any atom is -0.459 e. The minimum atomic E-state index is -0.220. The van der Waals surface area contributed by atoms with Gasteiger partial charge in [-0.2, -0.15) is 0 Å². The summed E-state index contributed by atoms with van der Waals surface area (Å²) in [7, 11) is 0. The maximum Gasteiger partial charge on any atom is 0.638 e. The lowest BCUT2D eigenvalue weighted by Gasteiger charge is -2.05. The fourth-order valence-electron chi connectivity index (χ4n) is 3.29. The summed E-state index contributed by atoms with van der Waals surface area (Å²) in [6, 6.07) is 23.3. The lowest BCUT2D eigenvalue weighted by Crippen LogP contribution is -2.48. The van der Waals surface area contributed by atoms with Crippen LogP contribution in [0.15, 0.2) is 78.9 Å². The first-order chi connectivity index (χ1) is 13.6. The number of hydrogen-bond donors (Lipinski definition) is 2. The van der Waals surface area contributed by atoms with Gasteiger partial charge in [0.25, 0.3) is 0 Å². The van der Waals surface area contributed by atoms with Gasteiger partial charge in [0.2, 0.25) is 23.5 Å². The van der Waals surface area contributed by atoms with Crippen molar-refractivity contribution in [1.29, 1.82) is 0 Å². The quantitative estimate of drug-likeness (QED) is 0.428. The fourth-order valence-corrected chi connectivity index (χ4v) is 3.29. The number of carbonyl (C=O) groups excluding carboxylic acids is 1. The summed E-state index contributed by atoms with van der Waals surface area (Å²) < 4.78 is 2.86. The van der Waals surface area contributed by atoms with E-state index in [4.69, 9.17) is 0 Å². The summed E-state index contributed by atoms with van der Waals surface area (Å²) in [4.78, 5) is 12.9. The molecule has 1 heterocycles. The summed E-state index contributed by atoms with van der Waals surface area (Å²) in [5, 5.41) is 22.3. The molecule has 0 aliphatic carbocycles. The van der Waals surface area contributed by atoms with Gasteiger partial charge in [0.15, 0.2) is 5.39 Å². The van der Waals surface area contributed by atoms with Crippen molar-refractivity contribution >= 4 is 16.7 Å². The number of benzene rings is 3. The predicted molar refractivity (Wildman–Crippen MR) is 105 cm³/mol. The van der Waals surface area contributed by atoms with E-state index in [1.54, 1.807) is 48.5 Å². The van der Waals surface area contributed by atoms with Gasteiger partial charge >= 0.3 is 11.9 Å². The molecule has 138 valence electrons. The molecule has 4 rings (SSSR count). The van der Waals surface area contributed by atoms with Crippen molar-refractivity contribution in [3.63, 3.8) is 0 Å². The second-order valence-corrected chi connectivity index (χ2v) is 6.69. The Kier molecular flexibility index (Phi) is 4.49. The second-order valence-electron chi connectivity index (χ2n) is 6.69. The van der Waals surface area contributed by atoms with Crippen molar-refractivity contribution in [3.8, 4) is 17.6 Å². The van der Waals surface area contributed by atoms with Crippen LogP contribution in [0.3, 0.4) is 0 Å². The smallest absolute Gasteiger partial charge is 0.459 e. The fraction of sp³-hybridized carbons (Fsp3) is 0.0870. The SMILES string of the molecule is Cc1ccc(C(=O)C[n+]2c(O)[n+](-c3ccccc3)c(O)c3ccccc32)cc1. The van der Waals surface area contributed by atoms with E-state index in [1.807, 2.05) is 37.3 Å². The second kappa shape index (κ2) is 7.12. The van der Waals surface area contributed by atoms with Crippen molar-refractivity contribution in [3.05, 3.63) is 90.0 Å². The Bertz CT molecular complexity index is 1170. The number of fused-ring (bicyclic) bond motifs is 1. The van der Waals surface area contributed by atoms with Gasteiger partial charge in [-0.15, -0.1) is 0 Å². The highest BCUT2D eigenvalue weighted by molar-refractivity contribution is 5.95. The molecule has 0 fully saturated rings. The molecule has 0 radical (unpaired) electrons. The highest BCUT2D eigenvalue weighted by atomic mass is 16.3. The summed E-state index contributed by atoms with van der Waals surface area (Å²) in [5.74, 6) is -0.214. The topological polar surface area (TPSA) is 65.3 Å². The van der Waals surface area contributed by atoms with Gasteiger partial charge in [-0.05, 0) is 17.6 Å². The molecule has 4 aromatic rings. The molecular formula is C23H20N2O3+2. The molecule has 0 bridgehead atoms. The maximum absolute atomic E-state index is 12.9. The normalized spacial score (nSPS) is 10.9. The Labute approximate surface area is 162 Å². The first kappa shape index (κ1) is 17.7. The van der Waals surface area contributed by atoms with E-state index in [9.17, 15) is 15.0 Å². The van der Waals surface area contributed by atoms with Gasteiger partial charge in [-0.1, -0.05) is 64.7 Å². The lowest BCUT2D eigenvalue weighted by atomic mass is 10.1. The highest BCUT2D eigenvalue weighted by Gasteiger charge is 2.36. The van der Waals surface area contributed by atoms with Gasteiger partial charge in [0.1, 0.15) is 0 Å². The van der Waals surface area contributed by atoms with Crippen LogP contribution in [0, 0.1) is 6.92 Å². The Hall–Kier alpha value is -3.73. The number of ketones is 1. The zero-order chi connectivity index (χ0) is 19.7. The van der Waals surface area contributed by atoms with Crippen LogP contribution >= 0.6 is 0 Å². The van der Waals surface area contributed by atoms with Crippen molar-refractivity contribution in [2.45, 2.75) is 13.5 Å². The number of aromatic hydroxyl groups is 2. The Morgan fingerprint density at radius 2 is 1.50 bits per heavy atom. The number of hydrogen-bond acceptors (Lipinski definition) is 3. The molecule has 0 unspecified atom stereocenters. The van der Waals surface area contributed by atoms with Crippen molar-refractivity contribution in [1.82, 2.24) is 0 Å². The van der Waals surface area contributed by atoms with Gasteiger partial charge in [-0.3, -0.25) is 4.79 Å². The molecule has 2 N–H and O–H groups in total. The van der Waals surface area contributed by atoms with Gasteiger partial charge in [0, 0.05) is 23.8 Å². The number of para-hydroxylation sites is 2. The van der Waals surface area contributed by atoms with E-state index in [0.29, 0.717) is 22.2 Å². The Morgan fingerprint density at radius 1 is 0.857 bits per heavy atom. The van der Waals surface area contributed by atoms with E-state index in [1.165, 1.54) is 9.13 Å². The maximum atomic E-state index is 12.9. The van der Waals surface area contributed by atoms with E-state index in [2.05, 4.69) is 0 Å². The Morgan fingerprint density at radius 3 is 2.21 bits per heavy atom. The van der Waals surface area contributed by atoms with E-state index < -0.39 is 0 Å². The first-order valence-corrected chi connectivity index (χ1v) is 9.00. The zero-order valence-corrected chi connectivity index (χ0v) is 15.4. The van der Waals surface area contributed by atoms with E-state index in [0.717, 1.165) is 5.56 Å². The van der Waals surface area contributed by atoms with Crippen molar-refractivity contribution in [2.75, 3.05) is 0 Å². The number of nitrogens with zero attached hydrogens (tertiary/aromatic N) is 2. The van der Waals surface area contributed by atoms with Crippen LogP contribution in [0.4, 0.5) is 0 Å². The van der Waals surface area contributed by atoms with Crippen LogP contribution in [0.1, 0.15) is 15.9 Å². The largest absolute Gasteiger partial charge is 0.638 e. The number of Topliss-reactive ketones (excluding diaryl/α,β-unsaturated/α-hetero) is 1. The van der Waals surface area contributed by atoms with Crippen LogP contribution in [-0.2, 0) is 6.54 Å². The van der Waals surface area contributed by atoms with Crippen LogP contribution in [-0.4, -0.2) is 16.0 Å². The molecule has 28 heavy (non-hydrogen) atoms. The molecule has 0 saturated heterocycles. The van der Waals surface area contributed by atoms with Crippen molar-refractivity contribution in [2.24, 2.45) is 0 Å². The van der Waals surface area contributed by atoms with Gasteiger partial charge in [0.05, 0.1) is 0 Å². The summed E-state index contributed by atoms with van der Waals surface area (Å²) >= 11 is 0. The molecular weight excluding hydrogens is 352 g/mol. The summed E-state index contributed by atoms with van der Waals surface area (Å²) in [6.45, 7) is 1.91. The molecule has 3 aromatic carbocycles. The summed E-state index contributed by atoms with van der Waals surface area (Å²) in [6.07, 6.45) is 0. The number of aryl methyl sites for hydroxylation is 1. The molecule has 5 heteroatoms. The average Bonchev–Trinajstić information content (AvgIpc) is 2.72. The van der Waals surface area contributed by atoms with Gasteiger partial charge < -0.3 is 10.2 Å². The predicted octanol–water partition coefficient (Wildman–Crippen LogP) is 3.01. The van der Waals surface area contributed by atoms with Gasteiger partial charge in [-0.25, -0.2) is 0 Å². The average molecular weight is 372 g/mol. The van der Waals surface area contributed by atoms with Crippen LogP contribution in [0.25, 0.3) is 16.6 Å². The number of rotatable bonds is 4. The van der Waals surface area contributed by atoms with Crippen LogP contribution in [0.5, 0.6) is 11.9 Å². The van der Waals surface area contributed by atoms with Crippen LogP contribution in [0.2, 0.25) is 0 Å². The molecule has 1 aromatic heterocycles. The monoisotopic (exact) mass is 372 g/mol. The van der Waals surface area contributed by atoms with E-state index in [-0.39, 0.29) is 24.2 Å². The molecule has 0 amide bonds. The highest BCUT2D eigenvalue weighted by Crippen LogP contribution is 2.22. The molecule has 0 spiro atoms. The number of aromatic nitrogens is 2. The standard InChI is InChI=1S/C23H18N2O3/c1-16-11-13-17(14-12-16)21(26)15-24-20-10-6-5-9-19(20)22(27)25(23(24)28)18-7-3-2-4-8-18/h2-14H,15H2,1H3/p+2. The molecule has 5 nitrogen and oxygen atoms in total. The third-order valence-electron chi connectivity index (χ3n) is 4.78. The Balaban J connectivity index is 1.90. The first-order valence-electron chi connectivity index (χ1n) is 9.00.